The fourth-order valence-corrected chi connectivity index (χ4v) is 3.29. The minimum absolute atomic E-state index is 0.0231. The summed E-state index contributed by atoms with van der Waals surface area (Å²) in [7, 11) is 0. The highest BCUT2D eigenvalue weighted by atomic mass is 32.1. The van der Waals surface area contributed by atoms with Crippen LogP contribution in [0.15, 0.2) is 5.16 Å². The number of hydrogen-bond donors (Lipinski definition) is 1. The van der Waals surface area contributed by atoms with E-state index in [2.05, 4.69) is 15.5 Å². The predicted octanol–water partition coefficient (Wildman–Crippen LogP) is 2.56. The Morgan fingerprint density at radius 1 is 1.45 bits per heavy atom. The van der Waals surface area contributed by atoms with Gasteiger partial charge in [-0.25, -0.2) is 4.98 Å². The van der Waals surface area contributed by atoms with E-state index < -0.39 is 0 Å². The summed E-state index contributed by atoms with van der Waals surface area (Å²) in [6.07, 6.45) is 4.56. The predicted molar refractivity (Wildman–Crippen MR) is 80.1 cm³/mol. The smallest absolute Gasteiger partial charge is 0.260 e. The summed E-state index contributed by atoms with van der Waals surface area (Å²) in [5.41, 5.74) is 1.72. The molecule has 0 atom stereocenters. The topological polar surface area (TPSA) is 63.6 Å². The quantitative estimate of drug-likeness (QED) is 0.670. The van der Waals surface area contributed by atoms with Gasteiger partial charge in [0.15, 0.2) is 6.61 Å². The Kier molecular flexibility index (Phi) is 5.11. The molecule has 5 nitrogen and oxygen atoms in total. The van der Waals surface area contributed by atoms with Gasteiger partial charge in [-0.1, -0.05) is 18.0 Å². The molecule has 20 heavy (non-hydrogen) atoms. The molecule has 0 bridgehead atoms. The van der Waals surface area contributed by atoms with Crippen LogP contribution >= 0.6 is 11.3 Å². The number of rotatable bonds is 5. The molecule has 1 aliphatic carbocycles. The van der Waals surface area contributed by atoms with Crippen LogP contribution in [0.2, 0.25) is 0 Å². The van der Waals surface area contributed by atoms with Crippen molar-refractivity contribution in [2.24, 2.45) is 5.16 Å². The van der Waals surface area contributed by atoms with Gasteiger partial charge in [0.25, 0.3) is 5.91 Å². The average molecular weight is 295 g/mol. The van der Waals surface area contributed by atoms with Crippen molar-refractivity contribution in [1.29, 1.82) is 0 Å². The highest BCUT2D eigenvalue weighted by Crippen LogP contribution is 2.18. The van der Waals surface area contributed by atoms with Gasteiger partial charge in [-0.05, 0) is 33.6 Å². The lowest BCUT2D eigenvalue weighted by molar-refractivity contribution is -0.126. The first-order valence-electron chi connectivity index (χ1n) is 6.96. The first-order chi connectivity index (χ1) is 9.56. The second kappa shape index (κ2) is 6.83. The van der Waals surface area contributed by atoms with E-state index in [0.29, 0.717) is 6.04 Å². The fourth-order valence-electron chi connectivity index (χ4n) is 2.44. The number of nitrogens with zero attached hydrogens (tertiary/aromatic N) is 2. The Morgan fingerprint density at radius 3 is 2.75 bits per heavy atom. The normalized spacial score (nSPS) is 16.4. The third-order valence-corrected chi connectivity index (χ3v) is 4.53. The van der Waals surface area contributed by atoms with Crippen LogP contribution in [0.5, 0.6) is 0 Å². The minimum Gasteiger partial charge on any atom is -0.385 e. The maximum Gasteiger partial charge on any atom is 0.260 e. The molecule has 6 heteroatoms. The van der Waals surface area contributed by atoms with Gasteiger partial charge in [-0.2, -0.15) is 0 Å². The highest BCUT2D eigenvalue weighted by molar-refractivity contribution is 7.13. The maximum absolute atomic E-state index is 11.7. The summed E-state index contributed by atoms with van der Waals surface area (Å²) in [5.74, 6) is -0.0920. The number of nitrogens with one attached hydrogen (secondary N) is 1. The maximum atomic E-state index is 11.7. The van der Waals surface area contributed by atoms with Gasteiger partial charge in [-0.15, -0.1) is 11.3 Å². The molecule has 110 valence electrons. The highest BCUT2D eigenvalue weighted by Gasteiger charge is 2.17. The first kappa shape index (κ1) is 15.0. The molecular formula is C14H21N3O2S. The van der Waals surface area contributed by atoms with Crippen LogP contribution in [0.25, 0.3) is 0 Å². The zero-order valence-corrected chi connectivity index (χ0v) is 13.0. The van der Waals surface area contributed by atoms with Crippen molar-refractivity contribution in [3.05, 3.63) is 15.6 Å². The molecule has 0 aromatic carbocycles. The van der Waals surface area contributed by atoms with E-state index in [1.807, 2.05) is 20.8 Å². The summed E-state index contributed by atoms with van der Waals surface area (Å²) in [4.78, 5) is 22.2. The lowest BCUT2D eigenvalue weighted by atomic mass is 10.2. The van der Waals surface area contributed by atoms with Gasteiger partial charge in [0.2, 0.25) is 0 Å². The SMILES string of the molecule is C/C(=N\OCC(=O)NC1CCCC1)c1sc(C)nc1C. The Hall–Kier alpha value is -1.43. The molecule has 1 aromatic heterocycles. The van der Waals surface area contributed by atoms with Crippen LogP contribution in [0.4, 0.5) is 0 Å². The van der Waals surface area contributed by atoms with Crippen LogP contribution in [-0.2, 0) is 9.63 Å². The third-order valence-electron chi connectivity index (χ3n) is 3.35. The number of thiazole rings is 1. The molecule has 1 N–H and O–H groups in total. The van der Waals surface area contributed by atoms with Crippen LogP contribution in [0.3, 0.4) is 0 Å². The van der Waals surface area contributed by atoms with Gasteiger partial charge in [0, 0.05) is 6.04 Å². The van der Waals surface area contributed by atoms with E-state index in [0.717, 1.165) is 34.1 Å². The number of aromatic nitrogens is 1. The summed E-state index contributed by atoms with van der Waals surface area (Å²) >= 11 is 1.59. The van der Waals surface area contributed by atoms with Gasteiger partial charge >= 0.3 is 0 Å². The van der Waals surface area contributed by atoms with E-state index in [-0.39, 0.29) is 12.5 Å². The number of hydrogen-bond acceptors (Lipinski definition) is 5. The molecular weight excluding hydrogens is 274 g/mol. The second-order valence-corrected chi connectivity index (χ2v) is 6.35. The molecule has 0 radical (unpaired) electrons. The van der Waals surface area contributed by atoms with E-state index in [1.165, 1.54) is 12.8 Å². The van der Waals surface area contributed by atoms with E-state index in [1.54, 1.807) is 11.3 Å². The van der Waals surface area contributed by atoms with E-state index in [9.17, 15) is 4.79 Å². The number of oxime groups is 1. The number of carbonyl (C=O) groups is 1. The van der Waals surface area contributed by atoms with Crippen LogP contribution in [0.1, 0.15) is 48.2 Å². The molecule has 0 aliphatic heterocycles. The molecule has 1 aliphatic rings. The monoisotopic (exact) mass is 295 g/mol. The standard InChI is InChI=1S/C14H21N3O2S/c1-9-14(20-11(3)15-9)10(2)17-19-8-13(18)16-12-6-4-5-7-12/h12H,4-8H2,1-3H3,(H,16,18)/b17-10+. The molecule has 0 saturated heterocycles. The van der Waals surface area contributed by atoms with Crippen LogP contribution in [0, 0.1) is 13.8 Å². The molecule has 2 rings (SSSR count). The second-order valence-electron chi connectivity index (χ2n) is 5.15. The van der Waals surface area contributed by atoms with Crippen molar-refractivity contribution in [2.45, 2.75) is 52.5 Å². The Bertz CT molecular complexity index is 505. The lowest BCUT2D eigenvalue weighted by Gasteiger charge is -2.10. The molecule has 1 amide bonds. The molecule has 1 fully saturated rings. The Morgan fingerprint density at radius 2 is 2.15 bits per heavy atom. The summed E-state index contributed by atoms with van der Waals surface area (Å²) in [5, 5.41) is 7.98. The lowest BCUT2D eigenvalue weighted by Crippen LogP contribution is -2.35. The van der Waals surface area contributed by atoms with Crippen molar-refractivity contribution < 1.29 is 9.63 Å². The molecule has 1 aromatic rings. The zero-order chi connectivity index (χ0) is 14.5. The van der Waals surface area contributed by atoms with Crippen molar-refractivity contribution in [1.82, 2.24) is 10.3 Å². The van der Waals surface area contributed by atoms with Crippen molar-refractivity contribution in [2.75, 3.05) is 6.61 Å². The number of amides is 1. The molecule has 1 saturated carbocycles. The van der Waals surface area contributed by atoms with Gasteiger partial charge < -0.3 is 10.2 Å². The number of carbonyl (C=O) groups excluding carboxylic acids is 1. The molecule has 0 spiro atoms. The minimum atomic E-state index is -0.0920. The molecule has 1 heterocycles. The van der Waals surface area contributed by atoms with Gasteiger partial charge in [0.05, 0.1) is 21.3 Å². The van der Waals surface area contributed by atoms with Gasteiger partial charge in [-0.3, -0.25) is 4.79 Å². The zero-order valence-electron chi connectivity index (χ0n) is 12.2. The first-order valence-corrected chi connectivity index (χ1v) is 7.78. The van der Waals surface area contributed by atoms with Crippen molar-refractivity contribution in [3.8, 4) is 0 Å². The van der Waals surface area contributed by atoms with Crippen LogP contribution in [-0.4, -0.2) is 29.3 Å². The largest absolute Gasteiger partial charge is 0.385 e. The summed E-state index contributed by atoms with van der Waals surface area (Å²) in [6, 6.07) is 0.322. The van der Waals surface area contributed by atoms with Gasteiger partial charge in [0.1, 0.15) is 0 Å². The van der Waals surface area contributed by atoms with Crippen molar-refractivity contribution in [3.63, 3.8) is 0 Å². The van der Waals surface area contributed by atoms with Crippen molar-refractivity contribution >= 4 is 23.0 Å². The van der Waals surface area contributed by atoms with E-state index >= 15 is 0 Å². The Balaban J connectivity index is 1.80. The number of aryl methyl sites for hydroxylation is 2. The molecule has 0 unspecified atom stereocenters. The summed E-state index contributed by atoms with van der Waals surface area (Å²) < 4.78 is 0. The fraction of sp³-hybridized carbons (Fsp3) is 0.643. The average Bonchev–Trinajstić information content (AvgIpc) is 2.98. The Labute approximate surface area is 123 Å². The van der Waals surface area contributed by atoms with E-state index in [4.69, 9.17) is 4.84 Å². The summed E-state index contributed by atoms with van der Waals surface area (Å²) in [6.45, 7) is 5.76. The third kappa shape index (κ3) is 4.03. The van der Waals surface area contributed by atoms with Crippen LogP contribution < -0.4 is 5.32 Å².